The van der Waals surface area contributed by atoms with Gasteiger partial charge in [-0.05, 0) is 85.5 Å². The molecule has 0 aliphatic carbocycles. The van der Waals surface area contributed by atoms with E-state index in [1.807, 2.05) is 6.07 Å². The number of anilines is 1. The number of nitrogens with one attached hydrogen (secondary N) is 1. The minimum Gasteiger partial charge on any atom is -0.487 e. The van der Waals surface area contributed by atoms with Crippen LogP contribution in [0.1, 0.15) is 11.1 Å². The second-order valence-electron chi connectivity index (χ2n) is 6.33. The first-order valence-corrected chi connectivity index (χ1v) is 10.9. The Morgan fingerprint density at radius 3 is 2.39 bits per heavy atom. The van der Waals surface area contributed by atoms with Crippen molar-refractivity contribution in [3.8, 4) is 11.8 Å². The topological polar surface area (TPSA) is 62.1 Å². The lowest BCUT2D eigenvalue weighted by Gasteiger charge is -2.12. The van der Waals surface area contributed by atoms with E-state index in [9.17, 15) is 14.4 Å². The minimum absolute atomic E-state index is 0.0845. The van der Waals surface area contributed by atoms with E-state index in [1.54, 1.807) is 48.5 Å². The Bertz CT molecular complexity index is 1170. The van der Waals surface area contributed by atoms with Gasteiger partial charge in [-0.2, -0.15) is 5.26 Å². The third kappa shape index (κ3) is 6.17. The lowest BCUT2D eigenvalue weighted by molar-refractivity contribution is -0.112. The third-order valence-electron chi connectivity index (χ3n) is 4.12. The Hall–Kier alpha value is -2.66. The molecule has 3 aromatic rings. The van der Waals surface area contributed by atoms with Crippen molar-refractivity contribution in [2.24, 2.45) is 0 Å². The fourth-order valence-electron chi connectivity index (χ4n) is 2.60. The number of para-hydroxylation sites is 1. The summed E-state index contributed by atoms with van der Waals surface area (Å²) in [6.45, 7) is 0.246. The highest BCUT2D eigenvalue weighted by molar-refractivity contribution is 9.11. The Kier molecular flexibility index (Phi) is 7.85. The second-order valence-corrected chi connectivity index (χ2v) is 8.45. The van der Waals surface area contributed by atoms with Crippen LogP contribution in [0.3, 0.4) is 0 Å². The van der Waals surface area contributed by atoms with Gasteiger partial charge < -0.3 is 10.1 Å². The molecule has 0 fully saturated rings. The molecule has 0 aliphatic rings. The number of hydrogen-bond donors (Lipinski definition) is 1. The molecule has 1 N–H and O–H groups in total. The van der Waals surface area contributed by atoms with Crippen LogP contribution in [0.5, 0.6) is 5.75 Å². The zero-order chi connectivity index (χ0) is 22.4. The maximum absolute atomic E-state index is 13.0. The summed E-state index contributed by atoms with van der Waals surface area (Å²) in [4.78, 5) is 12.5. The number of ether oxygens (including phenoxy) is 1. The van der Waals surface area contributed by atoms with Crippen LogP contribution in [0.25, 0.3) is 6.08 Å². The minimum atomic E-state index is -0.570. The molecule has 0 aliphatic heterocycles. The van der Waals surface area contributed by atoms with Crippen LogP contribution in [0.15, 0.2) is 75.2 Å². The lowest BCUT2D eigenvalue weighted by Crippen LogP contribution is -2.13. The molecule has 0 aromatic heterocycles. The van der Waals surface area contributed by atoms with Crippen molar-refractivity contribution in [3.05, 3.63) is 97.1 Å². The standard InChI is InChI=1S/C23H14Br2ClFN2O2/c24-18-10-15(9-16(12-28)23(30)29-21-4-2-1-3-20(21)26)11-19(25)22(18)31-13-14-5-7-17(27)8-6-14/h1-11H,13H2,(H,29,30)/b16-9+. The van der Waals surface area contributed by atoms with Crippen molar-refractivity contribution in [2.45, 2.75) is 6.61 Å². The van der Waals surface area contributed by atoms with Crippen LogP contribution in [-0.2, 0) is 11.4 Å². The van der Waals surface area contributed by atoms with Crippen LogP contribution >= 0.6 is 43.5 Å². The van der Waals surface area contributed by atoms with E-state index in [4.69, 9.17) is 16.3 Å². The molecular formula is C23H14Br2ClFN2O2. The molecule has 0 spiro atoms. The molecular weight excluding hydrogens is 551 g/mol. The molecule has 0 radical (unpaired) electrons. The van der Waals surface area contributed by atoms with Crippen molar-refractivity contribution in [2.75, 3.05) is 5.32 Å². The summed E-state index contributed by atoms with van der Waals surface area (Å²) in [6, 6.07) is 18.2. The molecule has 0 heterocycles. The van der Waals surface area contributed by atoms with Crippen molar-refractivity contribution in [1.82, 2.24) is 0 Å². The predicted octanol–water partition coefficient (Wildman–Crippen LogP) is 7.13. The van der Waals surface area contributed by atoms with Gasteiger partial charge in [-0.3, -0.25) is 4.79 Å². The maximum Gasteiger partial charge on any atom is 0.266 e. The van der Waals surface area contributed by atoms with E-state index in [0.29, 0.717) is 31.0 Å². The van der Waals surface area contributed by atoms with Crippen molar-refractivity contribution in [3.63, 3.8) is 0 Å². The highest BCUT2D eigenvalue weighted by atomic mass is 79.9. The number of nitrogens with zero attached hydrogens (tertiary/aromatic N) is 1. The predicted molar refractivity (Wildman–Crippen MR) is 126 cm³/mol. The number of halogens is 4. The van der Waals surface area contributed by atoms with Gasteiger partial charge in [0.05, 0.1) is 19.7 Å². The molecule has 3 aromatic carbocycles. The average Bonchev–Trinajstić information content (AvgIpc) is 2.74. The Balaban J connectivity index is 1.78. The zero-order valence-electron chi connectivity index (χ0n) is 15.8. The molecule has 3 rings (SSSR count). The maximum atomic E-state index is 13.0. The summed E-state index contributed by atoms with van der Waals surface area (Å²) < 4.78 is 20.1. The van der Waals surface area contributed by atoms with Crippen LogP contribution < -0.4 is 10.1 Å². The number of amides is 1. The first-order valence-electron chi connectivity index (χ1n) is 8.91. The molecule has 4 nitrogen and oxygen atoms in total. The third-order valence-corrected chi connectivity index (χ3v) is 5.62. The molecule has 0 saturated heterocycles. The summed E-state index contributed by atoms with van der Waals surface area (Å²) in [5.41, 5.74) is 1.76. The lowest BCUT2D eigenvalue weighted by atomic mass is 10.1. The average molecular weight is 565 g/mol. The monoisotopic (exact) mass is 562 g/mol. The van der Waals surface area contributed by atoms with Gasteiger partial charge in [-0.15, -0.1) is 0 Å². The fraction of sp³-hybridized carbons (Fsp3) is 0.0435. The van der Waals surface area contributed by atoms with Crippen LogP contribution in [0, 0.1) is 17.1 Å². The van der Waals surface area contributed by atoms with Crippen LogP contribution in [0.4, 0.5) is 10.1 Å². The van der Waals surface area contributed by atoms with Gasteiger partial charge in [-0.1, -0.05) is 35.9 Å². The summed E-state index contributed by atoms with van der Waals surface area (Å²) in [6.07, 6.45) is 1.46. The largest absolute Gasteiger partial charge is 0.487 e. The molecule has 1 amide bonds. The van der Waals surface area contributed by atoms with Gasteiger partial charge >= 0.3 is 0 Å². The normalized spacial score (nSPS) is 11.0. The smallest absolute Gasteiger partial charge is 0.266 e. The van der Waals surface area contributed by atoms with Crippen molar-refractivity contribution in [1.29, 1.82) is 5.26 Å². The molecule has 31 heavy (non-hydrogen) atoms. The summed E-state index contributed by atoms with van der Waals surface area (Å²) in [7, 11) is 0. The quantitative estimate of drug-likeness (QED) is 0.256. The SMILES string of the molecule is N#C/C(=C\c1cc(Br)c(OCc2ccc(F)cc2)c(Br)c1)C(=O)Nc1ccccc1Cl. The Morgan fingerprint density at radius 2 is 1.77 bits per heavy atom. The number of hydrogen-bond acceptors (Lipinski definition) is 3. The van der Waals surface area contributed by atoms with Gasteiger partial charge in [-0.25, -0.2) is 4.39 Å². The number of nitriles is 1. The van der Waals surface area contributed by atoms with Crippen LogP contribution in [0.2, 0.25) is 5.02 Å². The number of carbonyl (C=O) groups excluding carboxylic acids is 1. The number of carbonyl (C=O) groups is 1. The molecule has 0 saturated carbocycles. The first kappa shape index (κ1) is 23.0. The van der Waals surface area contributed by atoms with Gasteiger partial charge in [0, 0.05) is 0 Å². The van der Waals surface area contributed by atoms with Gasteiger partial charge in [0.15, 0.2) is 0 Å². The van der Waals surface area contributed by atoms with E-state index in [2.05, 4.69) is 37.2 Å². The van der Waals surface area contributed by atoms with Gasteiger partial charge in [0.25, 0.3) is 5.91 Å². The highest BCUT2D eigenvalue weighted by Gasteiger charge is 2.14. The van der Waals surface area contributed by atoms with Gasteiger partial charge in [0.2, 0.25) is 0 Å². The molecule has 8 heteroatoms. The Labute approximate surface area is 200 Å². The molecule has 0 unspecified atom stereocenters. The van der Waals surface area contributed by atoms with E-state index in [0.717, 1.165) is 5.56 Å². The molecule has 156 valence electrons. The molecule has 0 bridgehead atoms. The zero-order valence-corrected chi connectivity index (χ0v) is 19.8. The Morgan fingerprint density at radius 1 is 1.13 bits per heavy atom. The van der Waals surface area contributed by atoms with Gasteiger partial charge in [0.1, 0.15) is 29.8 Å². The van der Waals surface area contributed by atoms with Crippen molar-refractivity contribution < 1.29 is 13.9 Å². The van der Waals surface area contributed by atoms with Crippen molar-refractivity contribution >= 4 is 61.1 Å². The number of rotatable bonds is 6. The van der Waals surface area contributed by atoms with E-state index in [1.165, 1.54) is 18.2 Å². The second kappa shape index (κ2) is 10.6. The van der Waals surface area contributed by atoms with E-state index in [-0.39, 0.29) is 18.0 Å². The van der Waals surface area contributed by atoms with E-state index < -0.39 is 5.91 Å². The summed E-state index contributed by atoms with van der Waals surface area (Å²) in [5.74, 6) is -0.339. The highest BCUT2D eigenvalue weighted by Crippen LogP contribution is 2.36. The van der Waals surface area contributed by atoms with E-state index >= 15 is 0 Å². The summed E-state index contributed by atoms with van der Waals surface area (Å²) in [5, 5.41) is 12.4. The molecule has 0 atom stereocenters. The number of benzene rings is 3. The fourth-order valence-corrected chi connectivity index (χ4v) is 4.24. The van der Waals surface area contributed by atoms with Crippen LogP contribution in [-0.4, -0.2) is 5.91 Å². The summed E-state index contributed by atoms with van der Waals surface area (Å²) >= 11 is 13.0. The first-order chi connectivity index (χ1) is 14.9.